The van der Waals surface area contributed by atoms with Crippen molar-refractivity contribution in [2.75, 3.05) is 26.4 Å². The minimum absolute atomic E-state index is 0.221. The summed E-state index contributed by atoms with van der Waals surface area (Å²) in [7, 11) is 0. The summed E-state index contributed by atoms with van der Waals surface area (Å²) in [6, 6.07) is 4.54. The zero-order chi connectivity index (χ0) is 15.3. The minimum Gasteiger partial charge on any atom is -0.381 e. The Balaban J connectivity index is 1.83. The van der Waals surface area contributed by atoms with Crippen molar-refractivity contribution >= 4 is 0 Å². The van der Waals surface area contributed by atoms with Crippen LogP contribution >= 0.6 is 0 Å². The van der Waals surface area contributed by atoms with E-state index in [1.165, 1.54) is 6.07 Å². The van der Waals surface area contributed by atoms with E-state index in [0.717, 1.165) is 38.2 Å². The molecular weight excluding hydrogens is 283 g/mol. The van der Waals surface area contributed by atoms with Crippen molar-refractivity contribution < 1.29 is 22.6 Å². The van der Waals surface area contributed by atoms with Gasteiger partial charge in [0.05, 0.1) is 18.2 Å². The Morgan fingerprint density at radius 1 is 1.29 bits per heavy atom. The average Bonchev–Trinajstić information content (AvgIpc) is 2.47. The van der Waals surface area contributed by atoms with E-state index >= 15 is 0 Å². The van der Waals surface area contributed by atoms with Crippen molar-refractivity contribution in [1.82, 2.24) is 0 Å². The van der Waals surface area contributed by atoms with Crippen molar-refractivity contribution in [2.24, 2.45) is 11.7 Å². The summed E-state index contributed by atoms with van der Waals surface area (Å²) < 4.78 is 48.7. The molecule has 118 valence electrons. The smallest absolute Gasteiger partial charge is 0.381 e. The second-order valence-corrected chi connectivity index (χ2v) is 5.32. The second-order valence-electron chi connectivity index (χ2n) is 5.32. The lowest BCUT2D eigenvalue weighted by Gasteiger charge is -2.22. The predicted octanol–water partition coefficient (Wildman–Crippen LogP) is 3.15. The highest BCUT2D eigenvalue weighted by Gasteiger charge is 2.30. The second kappa shape index (κ2) is 7.24. The van der Waals surface area contributed by atoms with Crippen LogP contribution in [0.15, 0.2) is 24.3 Å². The van der Waals surface area contributed by atoms with E-state index in [9.17, 15) is 13.2 Å². The molecule has 1 saturated heterocycles. The third-order valence-corrected chi connectivity index (χ3v) is 3.63. The van der Waals surface area contributed by atoms with Gasteiger partial charge < -0.3 is 15.2 Å². The lowest BCUT2D eigenvalue weighted by Crippen LogP contribution is -2.23. The van der Waals surface area contributed by atoms with E-state index < -0.39 is 17.8 Å². The highest BCUT2D eigenvalue weighted by atomic mass is 19.4. The molecule has 1 fully saturated rings. The summed E-state index contributed by atoms with van der Waals surface area (Å²) in [6.45, 7) is 2.29. The number of benzene rings is 1. The first-order valence-electron chi connectivity index (χ1n) is 7.05. The third kappa shape index (κ3) is 4.98. The monoisotopic (exact) mass is 303 g/mol. The molecule has 1 unspecified atom stereocenters. The fourth-order valence-corrected chi connectivity index (χ4v) is 2.32. The molecule has 1 aliphatic heterocycles. The van der Waals surface area contributed by atoms with Gasteiger partial charge in [0.1, 0.15) is 0 Å². The quantitative estimate of drug-likeness (QED) is 0.909. The Kier molecular flexibility index (Phi) is 5.61. The zero-order valence-corrected chi connectivity index (χ0v) is 11.7. The van der Waals surface area contributed by atoms with E-state index in [4.69, 9.17) is 15.2 Å². The molecule has 1 atom stereocenters. The Labute approximate surface area is 122 Å². The number of halogens is 3. The van der Waals surface area contributed by atoms with Gasteiger partial charge in [-0.15, -0.1) is 0 Å². The van der Waals surface area contributed by atoms with Gasteiger partial charge in [0, 0.05) is 19.8 Å². The van der Waals surface area contributed by atoms with Crippen LogP contribution in [0, 0.1) is 5.92 Å². The maximum Gasteiger partial charge on any atom is 0.416 e. The molecule has 0 aliphatic carbocycles. The van der Waals surface area contributed by atoms with Gasteiger partial charge in [-0.1, -0.05) is 12.1 Å². The average molecular weight is 303 g/mol. The molecule has 21 heavy (non-hydrogen) atoms. The number of rotatable bonds is 5. The van der Waals surface area contributed by atoms with Crippen LogP contribution in [0.5, 0.6) is 0 Å². The topological polar surface area (TPSA) is 44.5 Å². The van der Waals surface area contributed by atoms with Gasteiger partial charge in [0.25, 0.3) is 0 Å². The van der Waals surface area contributed by atoms with E-state index in [2.05, 4.69) is 0 Å². The molecule has 1 aliphatic rings. The lowest BCUT2D eigenvalue weighted by molar-refractivity contribution is -0.137. The maximum atomic E-state index is 12.6. The van der Waals surface area contributed by atoms with Crippen molar-refractivity contribution in [3.8, 4) is 0 Å². The van der Waals surface area contributed by atoms with E-state index in [1.54, 1.807) is 6.07 Å². The molecule has 1 heterocycles. The Morgan fingerprint density at radius 2 is 2.00 bits per heavy atom. The predicted molar refractivity (Wildman–Crippen MR) is 72.7 cm³/mol. The van der Waals surface area contributed by atoms with Crippen LogP contribution in [0.3, 0.4) is 0 Å². The van der Waals surface area contributed by atoms with Gasteiger partial charge in [-0.25, -0.2) is 0 Å². The summed E-state index contributed by atoms with van der Waals surface area (Å²) >= 11 is 0. The summed E-state index contributed by atoms with van der Waals surface area (Å²) in [5.74, 6) is 0.451. The molecule has 0 bridgehead atoms. The largest absolute Gasteiger partial charge is 0.416 e. The Morgan fingerprint density at radius 3 is 2.67 bits per heavy atom. The van der Waals surface area contributed by atoms with E-state index in [0.29, 0.717) is 18.1 Å². The first-order valence-corrected chi connectivity index (χ1v) is 7.05. The third-order valence-electron chi connectivity index (χ3n) is 3.63. The molecule has 0 radical (unpaired) electrons. The minimum atomic E-state index is -4.35. The first-order chi connectivity index (χ1) is 9.97. The van der Waals surface area contributed by atoms with Gasteiger partial charge in [0.2, 0.25) is 0 Å². The highest BCUT2D eigenvalue weighted by Crippen LogP contribution is 2.30. The summed E-state index contributed by atoms with van der Waals surface area (Å²) in [5.41, 5.74) is 5.67. The molecule has 0 saturated carbocycles. The summed E-state index contributed by atoms with van der Waals surface area (Å²) in [4.78, 5) is 0. The number of hydrogen-bond donors (Lipinski definition) is 1. The maximum absolute atomic E-state index is 12.6. The molecule has 2 rings (SSSR count). The molecule has 3 nitrogen and oxygen atoms in total. The van der Waals surface area contributed by atoms with Crippen LogP contribution in [0.4, 0.5) is 13.2 Å². The zero-order valence-electron chi connectivity index (χ0n) is 11.7. The van der Waals surface area contributed by atoms with Gasteiger partial charge >= 0.3 is 6.18 Å². The Bertz CT molecular complexity index is 445. The molecule has 0 spiro atoms. The standard InChI is InChI=1S/C15H20F3NO2/c16-15(17,18)13-3-1-2-12(8-13)14(19)10-21-9-11-4-6-20-7-5-11/h1-3,8,11,14H,4-7,9-10,19H2. The van der Waals surface area contributed by atoms with Crippen molar-refractivity contribution in [1.29, 1.82) is 0 Å². The number of ether oxygens (including phenoxy) is 2. The summed E-state index contributed by atoms with van der Waals surface area (Å²) in [6.07, 6.45) is -2.43. The normalized spacial score (nSPS) is 18.7. The molecule has 0 aromatic heterocycles. The fraction of sp³-hybridized carbons (Fsp3) is 0.600. The van der Waals surface area contributed by atoms with Crippen LogP contribution in [0.25, 0.3) is 0 Å². The van der Waals surface area contributed by atoms with Gasteiger partial charge in [-0.2, -0.15) is 13.2 Å². The van der Waals surface area contributed by atoms with Crippen molar-refractivity contribution in [3.05, 3.63) is 35.4 Å². The molecule has 0 amide bonds. The molecule has 6 heteroatoms. The van der Waals surface area contributed by atoms with Gasteiger partial charge in [-0.05, 0) is 36.5 Å². The molecule has 1 aromatic rings. The fourth-order valence-electron chi connectivity index (χ4n) is 2.32. The van der Waals surface area contributed by atoms with Crippen LogP contribution in [-0.2, 0) is 15.7 Å². The SMILES string of the molecule is NC(COCC1CCOCC1)c1cccc(C(F)(F)F)c1. The number of alkyl halides is 3. The molecule has 1 aromatic carbocycles. The molecule has 2 N–H and O–H groups in total. The van der Waals surface area contributed by atoms with E-state index in [-0.39, 0.29) is 6.61 Å². The lowest BCUT2D eigenvalue weighted by atomic mass is 10.0. The van der Waals surface area contributed by atoms with Crippen LogP contribution in [0.1, 0.15) is 30.0 Å². The first kappa shape index (κ1) is 16.3. The van der Waals surface area contributed by atoms with Crippen molar-refractivity contribution in [2.45, 2.75) is 25.1 Å². The number of nitrogens with two attached hydrogens (primary N) is 1. The van der Waals surface area contributed by atoms with Gasteiger partial charge in [-0.3, -0.25) is 0 Å². The van der Waals surface area contributed by atoms with Crippen LogP contribution in [-0.4, -0.2) is 26.4 Å². The van der Waals surface area contributed by atoms with E-state index in [1.807, 2.05) is 0 Å². The van der Waals surface area contributed by atoms with Gasteiger partial charge in [0.15, 0.2) is 0 Å². The highest BCUT2D eigenvalue weighted by molar-refractivity contribution is 5.27. The molecular formula is C15H20F3NO2. The summed E-state index contributed by atoms with van der Waals surface area (Å²) in [5, 5.41) is 0. The van der Waals surface area contributed by atoms with Crippen molar-refractivity contribution in [3.63, 3.8) is 0 Å². The Hall–Kier alpha value is -1.11. The van der Waals surface area contributed by atoms with Crippen LogP contribution in [0.2, 0.25) is 0 Å². The number of hydrogen-bond acceptors (Lipinski definition) is 3. The van der Waals surface area contributed by atoms with Crippen LogP contribution < -0.4 is 5.73 Å².